The lowest BCUT2D eigenvalue weighted by Gasteiger charge is -2.41. The molecule has 1 fully saturated rings. The van der Waals surface area contributed by atoms with Crippen LogP contribution in [0.1, 0.15) is 24.1 Å². The summed E-state index contributed by atoms with van der Waals surface area (Å²) in [5.74, 6) is 0.896. The molecule has 3 rings (SSSR count). The van der Waals surface area contributed by atoms with Gasteiger partial charge in [0.25, 0.3) is 0 Å². The number of nitrogens with one attached hydrogen (secondary N) is 1. The van der Waals surface area contributed by atoms with Crippen molar-refractivity contribution in [1.29, 1.82) is 0 Å². The van der Waals surface area contributed by atoms with Gasteiger partial charge in [-0.15, -0.1) is 0 Å². The molecule has 2 nitrogen and oxygen atoms in total. The van der Waals surface area contributed by atoms with E-state index in [1.807, 2.05) is 13.1 Å². The van der Waals surface area contributed by atoms with Crippen molar-refractivity contribution in [2.75, 3.05) is 6.54 Å². The van der Waals surface area contributed by atoms with E-state index in [2.05, 4.69) is 28.5 Å². The molecule has 0 unspecified atom stereocenters. The van der Waals surface area contributed by atoms with Crippen LogP contribution >= 0.6 is 0 Å². The van der Waals surface area contributed by atoms with E-state index in [-0.39, 0.29) is 0 Å². The molecule has 0 saturated carbocycles. The Kier molecular flexibility index (Phi) is 2.10. The SMILES string of the molecule is Cc1ccc(C2=CC[C@@H]3CN[C@@H]3C2)cn1. The van der Waals surface area contributed by atoms with Crippen molar-refractivity contribution in [1.82, 2.24) is 10.3 Å². The van der Waals surface area contributed by atoms with E-state index in [9.17, 15) is 0 Å². The van der Waals surface area contributed by atoms with Gasteiger partial charge in [0, 0.05) is 24.5 Å². The highest BCUT2D eigenvalue weighted by molar-refractivity contribution is 5.66. The van der Waals surface area contributed by atoms with Gasteiger partial charge < -0.3 is 5.32 Å². The summed E-state index contributed by atoms with van der Waals surface area (Å²) in [6.45, 7) is 3.24. The van der Waals surface area contributed by atoms with Crippen LogP contribution < -0.4 is 5.32 Å². The fourth-order valence-electron chi connectivity index (χ4n) is 2.44. The molecular weight excluding hydrogens is 184 g/mol. The number of pyridine rings is 1. The molecule has 1 aliphatic carbocycles. The zero-order valence-corrected chi connectivity index (χ0v) is 9.03. The minimum Gasteiger partial charge on any atom is -0.313 e. The summed E-state index contributed by atoms with van der Waals surface area (Å²) in [7, 11) is 0. The van der Waals surface area contributed by atoms with E-state index in [0.29, 0.717) is 0 Å². The number of hydrogen-bond acceptors (Lipinski definition) is 2. The molecule has 0 spiro atoms. The van der Waals surface area contributed by atoms with Crippen LogP contribution in [0, 0.1) is 12.8 Å². The van der Waals surface area contributed by atoms with E-state index in [1.54, 1.807) is 0 Å². The average Bonchev–Trinajstić information content (AvgIpc) is 2.22. The predicted molar refractivity (Wildman–Crippen MR) is 61.5 cm³/mol. The molecule has 2 aliphatic rings. The third kappa shape index (κ3) is 1.59. The van der Waals surface area contributed by atoms with E-state index in [0.717, 1.165) is 17.7 Å². The number of nitrogens with zero attached hydrogens (tertiary/aromatic N) is 1. The van der Waals surface area contributed by atoms with Crippen molar-refractivity contribution in [2.24, 2.45) is 5.92 Å². The maximum Gasteiger partial charge on any atom is 0.0373 e. The Labute approximate surface area is 90.4 Å². The van der Waals surface area contributed by atoms with E-state index < -0.39 is 0 Å². The van der Waals surface area contributed by atoms with Gasteiger partial charge in [-0.05, 0) is 42.9 Å². The number of rotatable bonds is 1. The van der Waals surface area contributed by atoms with Crippen molar-refractivity contribution >= 4 is 5.57 Å². The molecule has 1 aromatic rings. The summed E-state index contributed by atoms with van der Waals surface area (Å²) >= 11 is 0. The maximum atomic E-state index is 4.36. The van der Waals surface area contributed by atoms with Crippen LogP contribution in [0.25, 0.3) is 5.57 Å². The topological polar surface area (TPSA) is 24.9 Å². The number of allylic oxidation sites excluding steroid dienone is 1. The fraction of sp³-hybridized carbons (Fsp3) is 0.462. The second-order valence-corrected chi connectivity index (χ2v) is 4.63. The van der Waals surface area contributed by atoms with Crippen LogP contribution in [0.4, 0.5) is 0 Å². The molecule has 1 aliphatic heterocycles. The van der Waals surface area contributed by atoms with Crippen LogP contribution in [0.2, 0.25) is 0 Å². The van der Waals surface area contributed by atoms with E-state index in [1.165, 1.54) is 30.5 Å². The molecule has 78 valence electrons. The summed E-state index contributed by atoms with van der Waals surface area (Å²) in [5.41, 5.74) is 3.86. The first-order valence-electron chi connectivity index (χ1n) is 5.68. The quantitative estimate of drug-likeness (QED) is 0.751. The molecule has 0 radical (unpaired) electrons. The van der Waals surface area contributed by atoms with Crippen LogP contribution in [-0.2, 0) is 0 Å². The van der Waals surface area contributed by atoms with Gasteiger partial charge in [0.15, 0.2) is 0 Å². The lowest BCUT2D eigenvalue weighted by atomic mass is 9.78. The summed E-state index contributed by atoms with van der Waals surface area (Å²) < 4.78 is 0. The maximum absolute atomic E-state index is 4.36. The Morgan fingerprint density at radius 3 is 2.93 bits per heavy atom. The highest BCUT2D eigenvalue weighted by Gasteiger charge is 2.32. The zero-order valence-electron chi connectivity index (χ0n) is 9.03. The second-order valence-electron chi connectivity index (χ2n) is 4.63. The average molecular weight is 200 g/mol. The van der Waals surface area contributed by atoms with E-state index >= 15 is 0 Å². The molecule has 0 amide bonds. The second kappa shape index (κ2) is 3.46. The molecule has 1 N–H and O–H groups in total. The Morgan fingerprint density at radius 1 is 1.40 bits per heavy atom. The standard InChI is InChI=1S/C13H16N2/c1-9-2-3-11(7-14-9)10-4-5-12-8-15-13(12)6-10/h2-4,7,12-13,15H,5-6,8H2,1H3/t12-,13-/m1/s1. The molecule has 15 heavy (non-hydrogen) atoms. The molecule has 0 aromatic carbocycles. The molecule has 2 heteroatoms. The molecule has 1 aromatic heterocycles. The Bertz CT molecular complexity index is 392. The lowest BCUT2D eigenvalue weighted by molar-refractivity contribution is 0.231. The summed E-state index contributed by atoms with van der Waals surface area (Å²) in [6.07, 6.45) is 6.81. The van der Waals surface area contributed by atoms with Gasteiger partial charge in [-0.1, -0.05) is 12.1 Å². The first-order chi connectivity index (χ1) is 7.33. The highest BCUT2D eigenvalue weighted by Crippen LogP contribution is 2.33. The van der Waals surface area contributed by atoms with Gasteiger partial charge in [-0.3, -0.25) is 4.98 Å². The number of aryl methyl sites for hydroxylation is 1. The highest BCUT2D eigenvalue weighted by atomic mass is 15.0. The Balaban J connectivity index is 1.85. The minimum atomic E-state index is 0.728. The van der Waals surface area contributed by atoms with Crippen LogP contribution in [0.5, 0.6) is 0 Å². The first kappa shape index (κ1) is 9.10. The Hall–Kier alpha value is -1.15. The van der Waals surface area contributed by atoms with Gasteiger partial charge in [0.1, 0.15) is 0 Å². The van der Waals surface area contributed by atoms with Crippen molar-refractivity contribution in [3.8, 4) is 0 Å². The summed E-state index contributed by atoms with van der Waals surface area (Å²) in [4.78, 5) is 4.36. The molecule has 1 saturated heterocycles. The Morgan fingerprint density at radius 2 is 2.33 bits per heavy atom. The zero-order chi connectivity index (χ0) is 10.3. The normalized spacial score (nSPS) is 29.0. The van der Waals surface area contributed by atoms with Gasteiger partial charge in [0.2, 0.25) is 0 Å². The van der Waals surface area contributed by atoms with Crippen LogP contribution in [0.3, 0.4) is 0 Å². The lowest BCUT2D eigenvalue weighted by Crippen LogP contribution is -2.53. The summed E-state index contributed by atoms with van der Waals surface area (Å²) in [5, 5.41) is 3.50. The van der Waals surface area contributed by atoms with Crippen molar-refractivity contribution in [2.45, 2.75) is 25.8 Å². The fourth-order valence-corrected chi connectivity index (χ4v) is 2.44. The van der Waals surface area contributed by atoms with Gasteiger partial charge in [0.05, 0.1) is 0 Å². The van der Waals surface area contributed by atoms with Gasteiger partial charge >= 0.3 is 0 Å². The summed E-state index contributed by atoms with van der Waals surface area (Å²) in [6, 6.07) is 5.01. The largest absolute Gasteiger partial charge is 0.313 e. The van der Waals surface area contributed by atoms with Crippen LogP contribution in [-0.4, -0.2) is 17.6 Å². The third-order valence-corrected chi connectivity index (χ3v) is 3.60. The van der Waals surface area contributed by atoms with Gasteiger partial charge in [-0.2, -0.15) is 0 Å². The minimum absolute atomic E-state index is 0.728. The third-order valence-electron chi connectivity index (χ3n) is 3.60. The van der Waals surface area contributed by atoms with Crippen molar-refractivity contribution < 1.29 is 0 Å². The van der Waals surface area contributed by atoms with E-state index in [4.69, 9.17) is 0 Å². The van der Waals surface area contributed by atoms with Crippen LogP contribution in [0.15, 0.2) is 24.4 Å². The van der Waals surface area contributed by atoms with Crippen molar-refractivity contribution in [3.63, 3.8) is 0 Å². The first-order valence-corrected chi connectivity index (χ1v) is 5.68. The number of fused-ring (bicyclic) bond motifs is 1. The molecular formula is C13H16N2. The molecule has 2 atom stereocenters. The molecule has 2 heterocycles. The number of aromatic nitrogens is 1. The van der Waals surface area contributed by atoms with Crippen molar-refractivity contribution in [3.05, 3.63) is 35.7 Å². The smallest absolute Gasteiger partial charge is 0.0373 e. The molecule has 0 bridgehead atoms. The monoisotopic (exact) mass is 200 g/mol. The predicted octanol–water partition coefficient (Wildman–Crippen LogP) is 2.16. The van der Waals surface area contributed by atoms with Gasteiger partial charge in [-0.25, -0.2) is 0 Å². The number of hydrogen-bond donors (Lipinski definition) is 1.